The van der Waals surface area contributed by atoms with Gasteiger partial charge in [-0.1, -0.05) is 12.8 Å². The van der Waals surface area contributed by atoms with E-state index in [0.717, 1.165) is 6.54 Å². The van der Waals surface area contributed by atoms with Gasteiger partial charge >= 0.3 is 5.97 Å². The Morgan fingerprint density at radius 1 is 1.29 bits per heavy atom. The number of carboxylic acid groups (broad SMARTS) is 1. The van der Waals surface area contributed by atoms with E-state index in [0.29, 0.717) is 12.6 Å². The molecule has 0 saturated heterocycles. The molecule has 1 fully saturated rings. The average Bonchev–Trinajstić information content (AvgIpc) is 2.79. The first-order valence-corrected chi connectivity index (χ1v) is 6.28. The van der Waals surface area contributed by atoms with Crippen molar-refractivity contribution in [3.63, 3.8) is 0 Å². The number of nitrogens with zero attached hydrogens (tertiary/aromatic N) is 1. The number of carbonyl (C=O) groups excluding carboxylic acids is 1. The number of amides is 1. The number of nitrogens with one attached hydrogen (secondary N) is 1. The summed E-state index contributed by atoms with van der Waals surface area (Å²) in [7, 11) is 2.08. The van der Waals surface area contributed by atoms with Gasteiger partial charge < -0.3 is 15.3 Å². The molecular weight excluding hydrogens is 220 g/mol. The van der Waals surface area contributed by atoms with E-state index in [1.54, 1.807) is 0 Å². The summed E-state index contributed by atoms with van der Waals surface area (Å²) >= 11 is 0. The number of hydrogen-bond donors (Lipinski definition) is 2. The van der Waals surface area contributed by atoms with E-state index in [1.165, 1.54) is 25.7 Å². The molecule has 1 aliphatic rings. The maximum absolute atomic E-state index is 11.3. The lowest BCUT2D eigenvalue weighted by molar-refractivity contribution is -0.138. The Morgan fingerprint density at radius 2 is 1.94 bits per heavy atom. The lowest BCUT2D eigenvalue weighted by atomic mass is 10.2. The van der Waals surface area contributed by atoms with Crippen LogP contribution in [-0.4, -0.2) is 48.1 Å². The summed E-state index contributed by atoms with van der Waals surface area (Å²) in [5, 5.41) is 11.2. The zero-order valence-electron chi connectivity index (χ0n) is 10.4. The normalized spacial score (nSPS) is 16.4. The van der Waals surface area contributed by atoms with Crippen LogP contribution in [-0.2, 0) is 9.59 Å². The summed E-state index contributed by atoms with van der Waals surface area (Å²) in [6, 6.07) is 0.658. The minimum Gasteiger partial charge on any atom is -0.481 e. The largest absolute Gasteiger partial charge is 0.481 e. The zero-order chi connectivity index (χ0) is 12.7. The Bertz CT molecular complexity index is 262. The quantitative estimate of drug-likeness (QED) is 0.694. The van der Waals surface area contributed by atoms with Crippen LogP contribution >= 0.6 is 0 Å². The Kier molecular flexibility index (Phi) is 5.97. The number of hydrogen-bond acceptors (Lipinski definition) is 3. The van der Waals surface area contributed by atoms with Crippen molar-refractivity contribution in [2.24, 2.45) is 0 Å². The van der Waals surface area contributed by atoms with Crippen molar-refractivity contribution in [2.75, 3.05) is 20.1 Å². The van der Waals surface area contributed by atoms with Crippen LogP contribution in [0.1, 0.15) is 38.5 Å². The highest BCUT2D eigenvalue weighted by atomic mass is 16.4. The molecule has 0 aromatic rings. The fourth-order valence-electron chi connectivity index (χ4n) is 2.21. The smallest absolute Gasteiger partial charge is 0.303 e. The van der Waals surface area contributed by atoms with Gasteiger partial charge in [0.15, 0.2) is 0 Å². The Labute approximate surface area is 102 Å². The van der Waals surface area contributed by atoms with Crippen LogP contribution in [0.5, 0.6) is 0 Å². The summed E-state index contributed by atoms with van der Waals surface area (Å²) in [6.07, 6.45) is 5.10. The molecule has 0 atom stereocenters. The molecule has 0 radical (unpaired) electrons. The molecule has 1 amide bonds. The van der Waals surface area contributed by atoms with Crippen molar-refractivity contribution >= 4 is 11.9 Å². The third-order valence-electron chi connectivity index (χ3n) is 3.30. The molecule has 0 aliphatic heterocycles. The van der Waals surface area contributed by atoms with Crippen LogP contribution in [0.3, 0.4) is 0 Å². The van der Waals surface area contributed by atoms with Gasteiger partial charge in [-0.2, -0.15) is 0 Å². The fourth-order valence-corrected chi connectivity index (χ4v) is 2.21. The summed E-state index contributed by atoms with van der Waals surface area (Å²) in [5.41, 5.74) is 0. The van der Waals surface area contributed by atoms with Gasteiger partial charge in [0.1, 0.15) is 0 Å². The molecule has 17 heavy (non-hydrogen) atoms. The van der Waals surface area contributed by atoms with Crippen molar-refractivity contribution in [3.05, 3.63) is 0 Å². The Balaban J connectivity index is 2.06. The van der Waals surface area contributed by atoms with Gasteiger partial charge in [-0.05, 0) is 19.9 Å². The molecule has 5 heteroatoms. The summed E-state index contributed by atoms with van der Waals surface area (Å²) in [6.45, 7) is 1.44. The third kappa shape index (κ3) is 5.68. The number of carbonyl (C=O) groups is 2. The minimum atomic E-state index is -0.928. The zero-order valence-corrected chi connectivity index (χ0v) is 10.4. The molecule has 0 aromatic carbocycles. The second-order valence-corrected chi connectivity index (χ2v) is 4.66. The van der Waals surface area contributed by atoms with E-state index in [2.05, 4.69) is 17.3 Å². The van der Waals surface area contributed by atoms with Gasteiger partial charge in [0, 0.05) is 25.6 Å². The monoisotopic (exact) mass is 242 g/mol. The van der Waals surface area contributed by atoms with Crippen LogP contribution in [0.4, 0.5) is 0 Å². The van der Waals surface area contributed by atoms with E-state index in [9.17, 15) is 9.59 Å². The highest BCUT2D eigenvalue weighted by Gasteiger charge is 2.18. The van der Waals surface area contributed by atoms with E-state index in [4.69, 9.17) is 5.11 Å². The summed E-state index contributed by atoms with van der Waals surface area (Å²) in [5.74, 6) is -1.10. The lowest BCUT2D eigenvalue weighted by Gasteiger charge is -2.23. The van der Waals surface area contributed by atoms with Gasteiger partial charge in [0.25, 0.3) is 0 Å². The highest BCUT2D eigenvalue weighted by Crippen LogP contribution is 2.21. The maximum atomic E-state index is 11.3. The molecular formula is C12H22N2O3. The summed E-state index contributed by atoms with van der Waals surface area (Å²) in [4.78, 5) is 23.8. The molecule has 5 nitrogen and oxygen atoms in total. The van der Waals surface area contributed by atoms with E-state index in [1.807, 2.05) is 0 Å². The topological polar surface area (TPSA) is 69.6 Å². The second-order valence-electron chi connectivity index (χ2n) is 4.66. The third-order valence-corrected chi connectivity index (χ3v) is 3.30. The molecule has 0 unspecified atom stereocenters. The van der Waals surface area contributed by atoms with Crippen molar-refractivity contribution in [2.45, 2.75) is 44.6 Å². The molecule has 0 bridgehead atoms. The SMILES string of the molecule is CN(CCNC(=O)CCC(=O)O)C1CCCC1. The summed E-state index contributed by atoms with van der Waals surface area (Å²) < 4.78 is 0. The van der Waals surface area contributed by atoms with Crippen LogP contribution in [0.25, 0.3) is 0 Å². The first kappa shape index (κ1) is 14.0. The van der Waals surface area contributed by atoms with E-state index < -0.39 is 5.97 Å². The van der Waals surface area contributed by atoms with Gasteiger partial charge in [0.05, 0.1) is 6.42 Å². The van der Waals surface area contributed by atoms with Crippen molar-refractivity contribution < 1.29 is 14.7 Å². The molecule has 0 heterocycles. The number of aliphatic carboxylic acids is 1. The number of carboxylic acids is 1. The molecule has 1 aliphatic carbocycles. The van der Waals surface area contributed by atoms with E-state index in [-0.39, 0.29) is 18.7 Å². The van der Waals surface area contributed by atoms with Crippen molar-refractivity contribution in [1.29, 1.82) is 0 Å². The van der Waals surface area contributed by atoms with Gasteiger partial charge in [-0.3, -0.25) is 9.59 Å². The van der Waals surface area contributed by atoms with Crippen LogP contribution in [0, 0.1) is 0 Å². The Morgan fingerprint density at radius 3 is 2.53 bits per heavy atom. The number of likely N-dealkylation sites (N-methyl/N-ethyl adjacent to an activating group) is 1. The first-order chi connectivity index (χ1) is 8.09. The molecule has 98 valence electrons. The number of rotatable bonds is 7. The fraction of sp³-hybridized carbons (Fsp3) is 0.833. The lowest BCUT2D eigenvalue weighted by Crippen LogP contribution is -2.37. The molecule has 0 aromatic heterocycles. The Hall–Kier alpha value is -1.10. The van der Waals surface area contributed by atoms with Crippen molar-refractivity contribution in [1.82, 2.24) is 10.2 Å². The minimum absolute atomic E-state index is 0.0719. The standard InChI is InChI=1S/C12H22N2O3/c1-14(10-4-2-3-5-10)9-8-13-11(15)6-7-12(16)17/h10H,2-9H2,1H3,(H,13,15)(H,16,17). The predicted molar refractivity (Wildman–Crippen MR) is 64.8 cm³/mol. The van der Waals surface area contributed by atoms with Gasteiger partial charge in [-0.15, -0.1) is 0 Å². The second kappa shape index (κ2) is 7.27. The molecule has 2 N–H and O–H groups in total. The van der Waals surface area contributed by atoms with Gasteiger partial charge in [-0.25, -0.2) is 0 Å². The molecule has 0 spiro atoms. The van der Waals surface area contributed by atoms with Crippen LogP contribution in [0.15, 0.2) is 0 Å². The first-order valence-electron chi connectivity index (χ1n) is 6.28. The molecule has 1 saturated carbocycles. The predicted octanol–water partition coefficient (Wildman–Crippen LogP) is 0.842. The van der Waals surface area contributed by atoms with Crippen molar-refractivity contribution in [3.8, 4) is 0 Å². The average molecular weight is 242 g/mol. The van der Waals surface area contributed by atoms with E-state index >= 15 is 0 Å². The van der Waals surface area contributed by atoms with Crippen LogP contribution in [0.2, 0.25) is 0 Å². The maximum Gasteiger partial charge on any atom is 0.303 e. The molecule has 1 rings (SSSR count). The van der Waals surface area contributed by atoms with Crippen LogP contribution < -0.4 is 5.32 Å². The van der Waals surface area contributed by atoms with Gasteiger partial charge in [0.2, 0.25) is 5.91 Å². The highest BCUT2D eigenvalue weighted by molar-refractivity contribution is 5.80.